The summed E-state index contributed by atoms with van der Waals surface area (Å²) in [6, 6.07) is 12.2. The zero-order chi connectivity index (χ0) is 22.2. The molecule has 2 aromatic rings. The third-order valence-corrected chi connectivity index (χ3v) is 5.90. The van der Waals surface area contributed by atoms with E-state index in [2.05, 4.69) is 51.8 Å². The maximum atomic E-state index is 12.4. The smallest absolute Gasteiger partial charge is 0.309 e. The molecule has 1 saturated heterocycles. The highest BCUT2D eigenvalue weighted by atomic mass is 16.2. The van der Waals surface area contributed by atoms with Crippen LogP contribution >= 0.6 is 0 Å². The summed E-state index contributed by atoms with van der Waals surface area (Å²) in [6.07, 6.45) is 3.34. The molecule has 1 aliphatic rings. The monoisotopic (exact) mass is 426 g/mol. The van der Waals surface area contributed by atoms with Crippen LogP contribution in [0, 0.1) is 0 Å². The number of rotatable bonds is 7. The molecule has 0 unspecified atom stereocenters. The molecular weight excluding hydrogens is 392 g/mol. The summed E-state index contributed by atoms with van der Waals surface area (Å²) < 4.78 is 0. The van der Waals surface area contributed by atoms with E-state index in [0.29, 0.717) is 6.54 Å². The fourth-order valence-electron chi connectivity index (χ4n) is 3.89. The first kappa shape index (κ1) is 22.7. The summed E-state index contributed by atoms with van der Waals surface area (Å²) in [5.74, 6) is -1.22. The predicted octanol–water partition coefficient (Wildman–Crippen LogP) is -1.97. The number of carbonyl (C=O) groups excluding carboxylic acids is 2. The third-order valence-electron chi connectivity index (χ3n) is 5.90. The molecule has 8 nitrogen and oxygen atoms in total. The summed E-state index contributed by atoms with van der Waals surface area (Å²) in [4.78, 5) is 33.7. The fraction of sp³-hybridized carbons (Fsp3) is 0.435. The van der Waals surface area contributed by atoms with Gasteiger partial charge < -0.3 is 25.3 Å². The van der Waals surface area contributed by atoms with E-state index in [1.54, 1.807) is 18.5 Å². The highest BCUT2D eigenvalue weighted by Crippen LogP contribution is 2.16. The van der Waals surface area contributed by atoms with Gasteiger partial charge in [0.1, 0.15) is 32.2 Å². The van der Waals surface area contributed by atoms with Crippen LogP contribution in [-0.2, 0) is 16.1 Å². The molecule has 1 aromatic heterocycles. The minimum Gasteiger partial charge on any atom is -0.378 e. The van der Waals surface area contributed by atoms with Crippen LogP contribution in [0.3, 0.4) is 0 Å². The maximum absolute atomic E-state index is 12.4. The average molecular weight is 427 g/mol. The number of nitrogens with one attached hydrogen (secondary N) is 4. The molecule has 0 spiro atoms. The van der Waals surface area contributed by atoms with Gasteiger partial charge in [0.15, 0.2) is 0 Å². The van der Waals surface area contributed by atoms with Gasteiger partial charge in [0.2, 0.25) is 0 Å². The Bertz CT molecular complexity index is 848. The van der Waals surface area contributed by atoms with Crippen molar-refractivity contribution in [3.05, 3.63) is 59.9 Å². The number of piperazine rings is 1. The Morgan fingerprint density at radius 1 is 1.03 bits per heavy atom. The van der Waals surface area contributed by atoms with E-state index in [4.69, 9.17) is 0 Å². The summed E-state index contributed by atoms with van der Waals surface area (Å²) in [7, 11) is 6.25. The first-order valence-electron chi connectivity index (χ1n) is 10.8. The summed E-state index contributed by atoms with van der Waals surface area (Å²) >= 11 is 0. The summed E-state index contributed by atoms with van der Waals surface area (Å²) in [6.45, 7) is 4.98. The Morgan fingerprint density at radius 2 is 1.71 bits per heavy atom. The molecule has 8 heteroatoms. The van der Waals surface area contributed by atoms with Gasteiger partial charge in [0.05, 0.1) is 13.6 Å². The molecule has 0 aliphatic carbocycles. The number of quaternary nitrogens is 2. The van der Waals surface area contributed by atoms with Crippen molar-refractivity contribution in [3.63, 3.8) is 0 Å². The largest absolute Gasteiger partial charge is 0.378 e. The second-order valence-corrected chi connectivity index (χ2v) is 8.41. The van der Waals surface area contributed by atoms with Crippen molar-refractivity contribution < 1.29 is 19.4 Å². The van der Waals surface area contributed by atoms with E-state index >= 15 is 0 Å². The molecule has 2 heterocycles. The van der Waals surface area contributed by atoms with Crippen LogP contribution in [0.1, 0.15) is 17.2 Å². The van der Waals surface area contributed by atoms with Crippen molar-refractivity contribution in [2.24, 2.45) is 0 Å². The molecule has 4 N–H and O–H groups in total. The lowest BCUT2D eigenvalue weighted by molar-refractivity contribution is -1.02. The number of hydrogen-bond donors (Lipinski definition) is 4. The van der Waals surface area contributed by atoms with Gasteiger partial charge in [-0.3, -0.25) is 14.6 Å². The Hall–Kier alpha value is -2.97. The molecular formula is C23H34N6O2+2. The van der Waals surface area contributed by atoms with Crippen LogP contribution in [0.2, 0.25) is 0 Å². The van der Waals surface area contributed by atoms with Gasteiger partial charge in [0, 0.05) is 44.3 Å². The van der Waals surface area contributed by atoms with Crippen LogP contribution in [0.4, 0.5) is 5.69 Å². The molecule has 166 valence electrons. The van der Waals surface area contributed by atoms with Gasteiger partial charge in [-0.25, -0.2) is 0 Å². The molecule has 0 bridgehead atoms. The van der Waals surface area contributed by atoms with Gasteiger partial charge in [-0.2, -0.15) is 0 Å². The van der Waals surface area contributed by atoms with E-state index in [1.165, 1.54) is 15.4 Å². The fourth-order valence-corrected chi connectivity index (χ4v) is 3.89. The minimum absolute atomic E-state index is 0.111. The maximum Gasteiger partial charge on any atom is 0.309 e. The molecule has 2 amide bonds. The zero-order valence-electron chi connectivity index (χ0n) is 18.6. The van der Waals surface area contributed by atoms with E-state index in [9.17, 15) is 9.59 Å². The van der Waals surface area contributed by atoms with E-state index in [-0.39, 0.29) is 12.6 Å². The molecule has 3 rings (SSSR count). The molecule has 1 atom stereocenters. The number of anilines is 1. The lowest BCUT2D eigenvalue weighted by Crippen LogP contribution is -3.27. The minimum atomic E-state index is -0.622. The average Bonchev–Trinajstić information content (AvgIpc) is 2.79. The highest BCUT2D eigenvalue weighted by Gasteiger charge is 2.30. The summed E-state index contributed by atoms with van der Waals surface area (Å²) in [5, 5.41) is 5.52. The van der Waals surface area contributed by atoms with E-state index < -0.39 is 11.8 Å². The van der Waals surface area contributed by atoms with Gasteiger partial charge in [-0.15, -0.1) is 0 Å². The van der Waals surface area contributed by atoms with Crippen LogP contribution in [0.15, 0.2) is 48.8 Å². The highest BCUT2D eigenvalue weighted by molar-refractivity contribution is 6.35. The Morgan fingerprint density at radius 3 is 2.32 bits per heavy atom. The SMILES string of the molecule is CN(C)c1ccc([C@H](CNC(=O)C(=O)NCc2cccnc2)[NH+]2CC[NH+](C)CC2)cc1. The van der Waals surface area contributed by atoms with Crippen molar-refractivity contribution in [3.8, 4) is 0 Å². The molecule has 1 aromatic carbocycles. The Labute approximate surface area is 184 Å². The van der Waals surface area contributed by atoms with Crippen molar-refractivity contribution in [2.45, 2.75) is 12.6 Å². The van der Waals surface area contributed by atoms with E-state index in [1.807, 2.05) is 20.2 Å². The second kappa shape index (κ2) is 10.9. The number of carbonyl (C=O) groups is 2. The topological polar surface area (TPSA) is 83.2 Å². The second-order valence-electron chi connectivity index (χ2n) is 8.41. The number of amides is 2. The quantitative estimate of drug-likeness (QED) is 0.388. The Kier molecular flexibility index (Phi) is 7.97. The number of hydrogen-bond acceptors (Lipinski definition) is 4. The molecule has 1 aliphatic heterocycles. The summed E-state index contributed by atoms with van der Waals surface area (Å²) in [5.41, 5.74) is 3.17. The van der Waals surface area contributed by atoms with Gasteiger partial charge in [-0.05, 0) is 23.8 Å². The number of likely N-dealkylation sites (N-methyl/N-ethyl adjacent to an activating group) is 1. The van der Waals surface area contributed by atoms with E-state index in [0.717, 1.165) is 37.4 Å². The Balaban J connectivity index is 1.62. The van der Waals surface area contributed by atoms with Crippen LogP contribution in [-0.4, -0.2) is 70.7 Å². The molecule has 31 heavy (non-hydrogen) atoms. The number of pyridine rings is 1. The van der Waals surface area contributed by atoms with Gasteiger partial charge >= 0.3 is 11.8 Å². The standard InChI is InChI=1S/C23H32N6O2/c1-27(2)20-8-6-19(7-9-20)21(29-13-11-28(3)12-14-29)17-26-23(31)22(30)25-16-18-5-4-10-24-15-18/h4-10,15,21H,11-14,16-17H2,1-3H3,(H,25,30)(H,26,31)/p+2/t21-/m0/s1. The zero-order valence-corrected chi connectivity index (χ0v) is 18.6. The normalized spacial score (nSPS) is 19.3. The number of benzene rings is 1. The lowest BCUT2D eigenvalue weighted by atomic mass is 10.0. The van der Waals surface area contributed by atoms with Crippen molar-refractivity contribution in [1.29, 1.82) is 0 Å². The van der Waals surface area contributed by atoms with Gasteiger partial charge in [-0.1, -0.05) is 18.2 Å². The third kappa shape index (κ3) is 6.50. The van der Waals surface area contributed by atoms with Crippen molar-refractivity contribution in [2.75, 3.05) is 58.8 Å². The van der Waals surface area contributed by atoms with Gasteiger partial charge in [0.25, 0.3) is 0 Å². The van der Waals surface area contributed by atoms with Crippen LogP contribution in [0.5, 0.6) is 0 Å². The predicted molar refractivity (Wildman–Crippen MR) is 120 cm³/mol. The number of nitrogens with zero attached hydrogens (tertiary/aromatic N) is 2. The van der Waals surface area contributed by atoms with Crippen molar-refractivity contribution in [1.82, 2.24) is 15.6 Å². The van der Waals surface area contributed by atoms with Crippen LogP contribution < -0.4 is 25.3 Å². The first-order chi connectivity index (χ1) is 14.9. The number of aromatic nitrogens is 1. The molecule has 1 fully saturated rings. The molecule has 0 radical (unpaired) electrons. The first-order valence-corrected chi connectivity index (χ1v) is 10.8. The van der Waals surface area contributed by atoms with Crippen molar-refractivity contribution >= 4 is 17.5 Å². The molecule has 0 saturated carbocycles. The lowest BCUT2D eigenvalue weighted by Gasteiger charge is -2.33. The van der Waals surface area contributed by atoms with Crippen LogP contribution in [0.25, 0.3) is 0 Å².